The Kier molecular flexibility index (Phi) is 4.30. The van der Waals surface area contributed by atoms with Crippen LogP contribution >= 0.6 is 11.3 Å². The van der Waals surface area contributed by atoms with E-state index in [1.165, 1.54) is 11.3 Å². The smallest absolute Gasteiger partial charge is 0.231 e. The summed E-state index contributed by atoms with van der Waals surface area (Å²) in [5.41, 5.74) is 6.25. The number of amides is 1. The summed E-state index contributed by atoms with van der Waals surface area (Å²) in [6.07, 6.45) is 3.75. The van der Waals surface area contributed by atoms with Crippen LogP contribution in [-0.2, 0) is 4.79 Å². The summed E-state index contributed by atoms with van der Waals surface area (Å²) in [6, 6.07) is 2.05. The standard InChI is InChI=1S/C14H18N6OS/c1-9-17-10(11-3-2-5-20(11)8-12(15)21)7-13(18-9)19-14-16-4-6-22-14/h4,6-7,11H,2-3,5,8H2,1H3,(H2,15,21)(H,16,17,18,19)/t11-/m0/s1. The minimum absolute atomic E-state index is 0.117. The normalized spacial score (nSPS) is 18.5. The topological polar surface area (TPSA) is 97.0 Å². The SMILES string of the molecule is Cc1nc(Nc2nccs2)cc([C@@H]2CCCN2CC(N)=O)n1. The number of nitrogens with zero attached hydrogens (tertiary/aromatic N) is 4. The van der Waals surface area contributed by atoms with Crippen LogP contribution in [-0.4, -0.2) is 38.8 Å². The van der Waals surface area contributed by atoms with E-state index in [-0.39, 0.29) is 18.5 Å². The van der Waals surface area contributed by atoms with Crippen LogP contribution in [0.25, 0.3) is 0 Å². The second kappa shape index (κ2) is 6.37. The van der Waals surface area contributed by atoms with E-state index in [9.17, 15) is 4.79 Å². The lowest BCUT2D eigenvalue weighted by molar-refractivity contribution is -0.119. The molecule has 0 aliphatic carbocycles. The summed E-state index contributed by atoms with van der Waals surface area (Å²) in [6.45, 7) is 3.00. The number of nitrogens with one attached hydrogen (secondary N) is 1. The van der Waals surface area contributed by atoms with Gasteiger partial charge in [-0.2, -0.15) is 0 Å². The Morgan fingerprint density at radius 2 is 2.41 bits per heavy atom. The number of hydrogen-bond donors (Lipinski definition) is 2. The number of nitrogens with two attached hydrogens (primary N) is 1. The van der Waals surface area contributed by atoms with Gasteiger partial charge in [-0.1, -0.05) is 0 Å². The Bertz CT molecular complexity index is 659. The zero-order chi connectivity index (χ0) is 15.5. The fraction of sp³-hybridized carbons (Fsp3) is 0.429. The van der Waals surface area contributed by atoms with Crippen LogP contribution in [0.5, 0.6) is 0 Å². The maximum absolute atomic E-state index is 11.2. The Labute approximate surface area is 132 Å². The molecule has 2 aromatic rings. The van der Waals surface area contributed by atoms with Crippen LogP contribution in [0.2, 0.25) is 0 Å². The molecule has 0 spiro atoms. The van der Waals surface area contributed by atoms with E-state index in [1.54, 1.807) is 6.20 Å². The van der Waals surface area contributed by atoms with E-state index in [0.29, 0.717) is 5.82 Å². The molecule has 1 aliphatic heterocycles. The molecule has 0 bridgehead atoms. The van der Waals surface area contributed by atoms with Gasteiger partial charge in [0.15, 0.2) is 5.13 Å². The zero-order valence-electron chi connectivity index (χ0n) is 12.3. The fourth-order valence-corrected chi connectivity index (χ4v) is 3.31. The highest BCUT2D eigenvalue weighted by atomic mass is 32.1. The second-order valence-electron chi connectivity index (χ2n) is 5.28. The van der Waals surface area contributed by atoms with Gasteiger partial charge in [0.1, 0.15) is 11.6 Å². The van der Waals surface area contributed by atoms with Gasteiger partial charge in [-0.3, -0.25) is 9.69 Å². The number of rotatable bonds is 5. The predicted molar refractivity (Wildman–Crippen MR) is 84.9 cm³/mol. The number of anilines is 2. The van der Waals surface area contributed by atoms with Crippen LogP contribution < -0.4 is 11.1 Å². The molecule has 1 aliphatic rings. The van der Waals surface area contributed by atoms with Crippen LogP contribution in [0.4, 0.5) is 10.9 Å². The van der Waals surface area contributed by atoms with Crippen molar-refractivity contribution in [2.75, 3.05) is 18.4 Å². The van der Waals surface area contributed by atoms with Crippen molar-refractivity contribution in [1.29, 1.82) is 0 Å². The highest BCUT2D eigenvalue weighted by Gasteiger charge is 2.28. The fourth-order valence-electron chi connectivity index (χ4n) is 2.77. The molecule has 22 heavy (non-hydrogen) atoms. The van der Waals surface area contributed by atoms with Crippen molar-refractivity contribution in [2.45, 2.75) is 25.8 Å². The quantitative estimate of drug-likeness (QED) is 0.869. The van der Waals surface area contributed by atoms with Crippen molar-refractivity contribution < 1.29 is 4.79 Å². The van der Waals surface area contributed by atoms with Gasteiger partial charge in [-0.25, -0.2) is 15.0 Å². The van der Waals surface area contributed by atoms with Crippen molar-refractivity contribution in [3.63, 3.8) is 0 Å². The summed E-state index contributed by atoms with van der Waals surface area (Å²) in [5.74, 6) is 1.12. The number of thiazole rings is 1. The van der Waals surface area contributed by atoms with Gasteiger partial charge in [-0.05, 0) is 26.3 Å². The van der Waals surface area contributed by atoms with E-state index in [2.05, 4.69) is 25.2 Å². The van der Waals surface area contributed by atoms with E-state index in [0.717, 1.165) is 36.0 Å². The zero-order valence-corrected chi connectivity index (χ0v) is 13.1. The summed E-state index contributed by atoms with van der Waals surface area (Å²) in [7, 11) is 0. The van der Waals surface area contributed by atoms with Crippen molar-refractivity contribution >= 4 is 28.2 Å². The summed E-state index contributed by atoms with van der Waals surface area (Å²) >= 11 is 1.52. The maximum atomic E-state index is 11.2. The average molecular weight is 318 g/mol. The summed E-state index contributed by atoms with van der Waals surface area (Å²) < 4.78 is 0. The van der Waals surface area contributed by atoms with E-state index >= 15 is 0 Å². The molecule has 1 fully saturated rings. The Morgan fingerprint density at radius 3 is 3.14 bits per heavy atom. The third kappa shape index (κ3) is 3.40. The van der Waals surface area contributed by atoms with E-state index in [4.69, 9.17) is 5.73 Å². The number of hydrogen-bond acceptors (Lipinski definition) is 7. The van der Waals surface area contributed by atoms with Gasteiger partial charge in [0.25, 0.3) is 0 Å². The summed E-state index contributed by atoms with van der Waals surface area (Å²) in [5, 5.41) is 5.89. The van der Waals surface area contributed by atoms with Crippen LogP contribution in [0, 0.1) is 6.92 Å². The van der Waals surface area contributed by atoms with Crippen LogP contribution in [0.1, 0.15) is 30.4 Å². The number of likely N-dealkylation sites (tertiary alicyclic amines) is 1. The monoisotopic (exact) mass is 318 g/mol. The Hall–Kier alpha value is -2.06. The number of aryl methyl sites for hydroxylation is 1. The number of aromatic nitrogens is 3. The lowest BCUT2D eigenvalue weighted by Crippen LogP contribution is -2.33. The van der Waals surface area contributed by atoms with Crippen molar-refractivity contribution in [2.24, 2.45) is 5.73 Å². The molecule has 1 amide bonds. The molecule has 3 rings (SSSR count). The van der Waals surface area contributed by atoms with E-state index in [1.807, 2.05) is 18.4 Å². The minimum atomic E-state index is -0.307. The van der Waals surface area contributed by atoms with Crippen molar-refractivity contribution in [1.82, 2.24) is 19.9 Å². The largest absolute Gasteiger partial charge is 0.369 e. The average Bonchev–Trinajstić information content (AvgIpc) is 3.09. The number of primary amides is 1. The summed E-state index contributed by atoms with van der Waals surface area (Å²) in [4.78, 5) is 26.4. The molecule has 0 unspecified atom stereocenters. The Balaban J connectivity index is 1.83. The molecule has 116 valence electrons. The molecule has 8 heteroatoms. The highest BCUT2D eigenvalue weighted by Crippen LogP contribution is 2.31. The molecule has 0 saturated carbocycles. The minimum Gasteiger partial charge on any atom is -0.369 e. The first-order chi connectivity index (χ1) is 10.6. The van der Waals surface area contributed by atoms with Gasteiger partial charge < -0.3 is 11.1 Å². The molecular formula is C14H18N6OS. The van der Waals surface area contributed by atoms with Gasteiger partial charge in [0.05, 0.1) is 18.3 Å². The van der Waals surface area contributed by atoms with E-state index < -0.39 is 0 Å². The van der Waals surface area contributed by atoms with Gasteiger partial charge in [0.2, 0.25) is 5.91 Å². The number of carbonyl (C=O) groups excluding carboxylic acids is 1. The molecule has 3 N–H and O–H groups in total. The second-order valence-corrected chi connectivity index (χ2v) is 6.18. The maximum Gasteiger partial charge on any atom is 0.231 e. The van der Waals surface area contributed by atoms with Crippen molar-refractivity contribution in [3.8, 4) is 0 Å². The number of carbonyl (C=O) groups is 1. The molecule has 1 atom stereocenters. The molecule has 2 aromatic heterocycles. The van der Waals surface area contributed by atoms with Gasteiger partial charge in [-0.15, -0.1) is 11.3 Å². The van der Waals surface area contributed by atoms with Gasteiger partial charge >= 0.3 is 0 Å². The Morgan fingerprint density at radius 1 is 1.55 bits per heavy atom. The van der Waals surface area contributed by atoms with Gasteiger partial charge in [0, 0.05) is 17.6 Å². The highest BCUT2D eigenvalue weighted by molar-refractivity contribution is 7.13. The third-order valence-corrected chi connectivity index (χ3v) is 4.28. The first-order valence-corrected chi connectivity index (χ1v) is 8.04. The molecule has 1 saturated heterocycles. The molecule has 7 nitrogen and oxygen atoms in total. The van der Waals surface area contributed by atoms with Crippen molar-refractivity contribution in [3.05, 3.63) is 29.2 Å². The molecule has 3 heterocycles. The molecular weight excluding hydrogens is 300 g/mol. The molecule has 0 radical (unpaired) electrons. The lowest BCUT2D eigenvalue weighted by atomic mass is 10.1. The lowest BCUT2D eigenvalue weighted by Gasteiger charge is -2.23. The predicted octanol–water partition coefficient (Wildman–Crippen LogP) is 1.61. The first kappa shape index (κ1) is 14.9. The first-order valence-electron chi connectivity index (χ1n) is 7.16. The van der Waals surface area contributed by atoms with Crippen LogP contribution in [0.15, 0.2) is 17.6 Å². The molecule has 0 aromatic carbocycles. The van der Waals surface area contributed by atoms with Crippen LogP contribution in [0.3, 0.4) is 0 Å². The third-order valence-electron chi connectivity index (χ3n) is 3.59.